The molecule has 5 heteroatoms. The number of halogens is 2. The van der Waals surface area contributed by atoms with Gasteiger partial charge in [0, 0.05) is 37.3 Å². The summed E-state index contributed by atoms with van der Waals surface area (Å²) in [4.78, 5) is 7.42. The van der Waals surface area contributed by atoms with E-state index in [9.17, 15) is 0 Å². The summed E-state index contributed by atoms with van der Waals surface area (Å²) in [5, 5.41) is 0.748. The third-order valence-corrected chi connectivity index (χ3v) is 7.08. The van der Waals surface area contributed by atoms with Crippen LogP contribution in [0.3, 0.4) is 0 Å². The maximum absolute atomic E-state index is 6.92. The van der Waals surface area contributed by atoms with Gasteiger partial charge in [0.25, 0.3) is 0 Å². The van der Waals surface area contributed by atoms with Crippen LogP contribution < -0.4 is 0 Å². The maximum Gasteiger partial charge on any atom is 0.141 e. The lowest BCUT2D eigenvalue weighted by Gasteiger charge is -2.40. The zero-order chi connectivity index (χ0) is 19.3. The average molecular weight is 412 g/mol. The van der Waals surface area contributed by atoms with Crippen molar-refractivity contribution in [2.24, 2.45) is 7.05 Å². The molecule has 0 fully saturated rings. The first kappa shape index (κ1) is 18.2. The van der Waals surface area contributed by atoms with Crippen LogP contribution >= 0.6 is 23.2 Å². The highest BCUT2D eigenvalue weighted by Crippen LogP contribution is 2.38. The molecular weight excluding hydrogens is 389 g/mol. The van der Waals surface area contributed by atoms with E-state index in [0.717, 1.165) is 48.6 Å². The average Bonchev–Trinajstić information content (AvgIpc) is 3.05. The van der Waals surface area contributed by atoms with Gasteiger partial charge < -0.3 is 4.57 Å². The number of alkyl halides is 1. The van der Waals surface area contributed by atoms with Crippen molar-refractivity contribution >= 4 is 23.2 Å². The van der Waals surface area contributed by atoms with Gasteiger partial charge >= 0.3 is 0 Å². The Morgan fingerprint density at radius 1 is 1.04 bits per heavy atom. The van der Waals surface area contributed by atoms with Gasteiger partial charge in [0.2, 0.25) is 0 Å². The summed E-state index contributed by atoms with van der Waals surface area (Å²) in [6.45, 7) is 1.01. The standard InChI is InChI=1S/C23H23Cl2N3/c1-27-21-14-16(28-13-12-15-6-2-3-7-17(15)22(28)25)10-11-20(21)26-23(27)18-8-4-5-9-19(18)24/h2-9,16,22H,10-14H2,1H3. The fourth-order valence-corrected chi connectivity index (χ4v) is 5.43. The molecule has 3 nitrogen and oxygen atoms in total. The van der Waals surface area contributed by atoms with Gasteiger partial charge in [0.15, 0.2) is 0 Å². The first-order chi connectivity index (χ1) is 13.6. The molecule has 0 saturated heterocycles. The molecular formula is C23H23Cl2N3. The van der Waals surface area contributed by atoms with E-state index < -0.39 is 0 Å². The molecule has 0 bridgehead atoms. The minimum atomic E-state index is -0.0484. The summed E-state index contributed by atoms with van der Waals surface area (Å²) < 4.78 is 2.23. The predicted molar refractivity (Wildman–Crippen MR) is 115 cm³/mol. The number of hydrogen-bond donors (Lipinski definition) is 0. The second kappa shape index (κ2) is 7.22. The van der Waals surface area contributed by atoms with Crippen LogP contribution in [0.15, 0.2) is 48.5 Å². The fourth-order valence-electron chi connectivity index (χ4n) is 4.74. The van der Waals surface area contributed by atoms with E-state index in [2.05, 4.69) is 40.8 Å². The number of fused-ring (bicyclic) bond motifs is 2. The van der Waals surface area contributed by atoms with Crippen LogP contribution in [0.2, 0.25) is 5.02 Å². The van der Waals surface area contributed by atoms with Crippen molar-refractivity contribution in [2.45, 2.75) is 37.2 Å². The molecule has 3 aromatic rings. The van der Waals surface area contributed by atoms with E-state index in [1.807, 2.05) is 24.3 Å². The monoisotopic (exact) mass is 411 g/mol. The smallest absolute Gasteiger partial charge is 0.141 e. The molecule has 28 heavy (non-hydrogen) atoms. The second-order valence-corrected chi connectivity index (χ2v) is 8.61. The van der Waals surface area contributed by atoms with E-state index in [1.165, 1.54) is 22.5 Å². The number of nitrogens with zero attached hydrogens (tertiary/aromatic N) is 3. The van der Waals surface area contributed by atoms with Crippen LogP contribution in [0.5, 0.6) is 0 Å². The molecule has 0 radical (unpaired) electrons. The van der Waals surface area contributed by atoms with Gasteiger partial charge in [0.05, 0.1) is 10.7 Å². The lowest BCUT2D eigenvalue weighted by molar-refractivity contribution is 0.152. The summed E-state index contributed by atoms with van der Waals surface area (Å²) >= 11 is 13.4. The molecule has 1 aliphatic heterocycles. The van der Waals surface area contributed by atoms with Crippen LogP contribution in [0.25, 0.3) is 11.4 Å². The van der Waals surface area contributed by atoms with Crippen LogP contribution in [0.1, 0.15) is 34.4 Å². The molecule has 2 unspecified atom stereocenters. The normalized spacial score (nSPS) is 22.0. The lowest BCUT2D eigenvalue weighted by atomic mass is 9.91. The Hall–Kier alpha value is -1.81. The molecule has 0 saturated carbocycles. The Morgan fingerprint density at radius 3 is 2.68 bits per heavy atom. The number of benzene rings is 2. The highest BCUT2D eigenvalue weighted by Gasteiger charge is 2.34. The Balaban J connectivity index is 1.44. The Bertz CT molecular complexity index is 1030. The van der Waals surface area contributed by atoms with E-state index in [4.69, 9.17) is 28.2 Å². The zero-order valence-electron chi connectivity index (χ0n) is 15.9. The van der Waals surface area contributed by atoms with Crippen LogP contribution in [0, 0.1) is 0 Å². The molecule has 144 valence electrons. The van der Waals surface area contributed by atoms with Crippen LogP contribution in [-0.4, -0.2) is 27.0 Å². The van der Waals surface area contributed by atoms with Crippen molar-refractivity contribution in [1.82, 2.24) is 14.5 Å². The highest BCUT2D eigenvalue weighted by molar-refractivity contribution is 6.33. The van der Waals surface area contributed by atoms with E-state index in [1.54, 1.807) is 0 Å². The van der Waals surface area contributed by atoms with E-state index in [-0.39, 0.29) is 5.50 Å². The Labute approximate surface area is 175 Å². The van der Waals surface area contributed by atoms with Crippen molar-refractivity contribution in [3.05, 3.63) is 76.1 Å². The first-order valence-electron chi connectivity index (χ1n) is 9.90. The summed E-state index contributed by atoms with van der Waals surface area (Å²) in [6.07, 6.45) is 4.13. The third-order valence-electron chi connectivity index (χ3n) is 6.27. The topological polar surface area (TPSA) is 21.1 Å². The van der Waals surface area contributed by atoms with E-state index in [0.29, 0.717) is 6.04 Å². The van der Waals surface area contributed by atoms with Gasteiger partial charge in [-0.25, -0.2) is 4.98 Å². The Kier molecular flexibility index (Phi) is 4.70. The number of rotatable bonds is 2. The van der Waals surface area contributed by atoms with Gasteiger partial charge in [-0.05, 0) is 42.5 Å². The van der Waals surface area contributed by atoms with Crippen molar-refractivity contribution in [2.75, 3.05) is 6.54 Å². The maximum atomic E-state index is 6.92. The molecule has 2 heterocycles. The largest absolute Gasteiger partial charge is 0.331 e. The van der Waals surface area contributed by atoms with Crippen LogP contribution in [0.4, 0.5) is 0 Å². The minimum absolute atomic E-state index is 0.0484. The van der Waals surface area contributed by atoms with Gasteiger partial charge in [-0.1, -0.05) is 48.0 Å². The van der Waals surface area contributed by atoms with Crippen molar-refractivity contribution < 1.29 is 0 Å². The molecule has 2 atom stereocenters. The fraction of sp³-hybridized carbons (Fsp3) is 0.348. The third kappa shape index (κ3) is 2.97. The minimum Gasteiger partial charge on any atom is -0.331 e. The molecule has 2 aromatic carbocycles. The SMILES string of the molecule is Cn1c(-c2ccccc2Cl)nc2c1CC(N1CCc3ccccc3C1Cl)CC2. The molecule has 0 spiro atoms. The molecule has 1 aromatic heterocycles. The number of hydrogen-bond acceptors (Lipinski definition) is 2. The summed E-state index contributed by atoms with van der Waals surface area (Å²) in [6, 6.07) is 17.0. The van der Waals surface area contributed by atoms with Crippen LogP contribution in [-0.2, 0) is 26.3 Å². The van der Waals surface area contributed by atoms with E-state index >= 15 is 0 Å². The number of imidazole rings is 1. The summed E-state index contributed by atoms with van der Waals surface area (Å²) in [7, 11) is 2.11. The molecule has 2 aliphatic rings. The predicted octanol–water partition coefficient (Wildman–Crippen LogP) is 5.39. The van der Waals surface area contributed by atoms with Gasteiger partial charge in [-0.3, -0.25) is 4.90 Å². The van der Waals surface area contributed by atoms with Gasteiger partial charge in [-0.2, -0.15) is 0 Å². The summed E-state index contributed by atoms with van der Waals surface area (Å²) in [5.41, 5.74) is 6.12. The zero-order valence-corrected chi connectivity index (χ0v) is 17.4. The van der Waals surface area contributed by atoms with Crippen molar-refractivity contribution in [1.29, 1.82) is 0 Å². The van der Waals surface area contributed by atoms with Gasteiger partial charge in [0.1, 0.15) is 11.3 Å². The molecule has 0 N–H and O–H groups in total. The van der Waals surface area contributed by atoms with Gasteiger partial charge in [-0.15, -0.1) is 11.6 Å². The van der Waals surface area contributed by atoms with Crippen molar-refractivity contribution in [3.8, 4) is 11.4 Å². The lowest BCUT2D eigenvalue weighted by Crippen LogP contribution is -2.44. The molecule has 1 aliphatic carbocycles. The first-order valence-corrected chi connectivity index (χ1v) is 10.7. The number of aryl methyl sites for hydroxylation is 1. The highest BCUT2D eigenvalue weighted by atomic mass is 35.5. The number of aromatic nitrogens is 2. The second-order valence-electron chi connectivity index (χ2n) is 7.79. The molecule has 5 rings (SSSR count). The molecule has 0 amide bonds. The Morgan fingerprint density at radius 2 is 1.82 bits per heavy atom. The quantitative estimate of drug-likeness (QED) is 0.416. The van der Waals surface area contributed by atoms with Crippen molar-refractivity contribution in [3.63, 3.8) is 0 Å². The summed E-state index contributed by atoms with van der Waals surface area (Å²) in [5.74, 6) is 0.961.